The number of nitrogens with two attached hydrogens (primary N) is 2. The van der Waals surface area contributed by atoms with Crippen LogP contribution in [0.1, 0.15) is 100 Å². The average Bonchev–Trinajstić information content (AvgIpc) is 3.16. The van der Waals surface area contributed by atoms with Gasteiger partial charge >= 0.3 is 5.97 Å². The van der Waals surface area contributed by atoms with Crippen molar-refractivity contribution in [1.29, 1.82) is 0 Å². The molecule has 0 aromatic rings. The molecule has 10 nitrogen and oxygen atoms in total. The van der Waals surface area contributed by atoms with E-state index in [0.29, 0.717) is 49.2 Å². The lowest BCUT2D eigenvalue weighted by Gasteiger charge is -2.62. The normalized spacial score (nSPS) is 39.8. The van der Waals surface area contributed by atoms with Gasteiger partial charge in [0.1, 0.15) is 5.78 Å². The van der Waals surface area contributed by atoms with Gasteiger partial charge in [0.15, 0.2) is 11.7 Å². The number of guanidine groups is 1. The van der Waals surface area contributed by atoms with Gasteiger partial charge in [-0.1, -0.05) is 54.9 Å². The number of ketones is 2. The first-order chi connectivity index (χ1) is 21.2. The van der Waals surface area contributed by atoms with E-state index < -0.39 is 51.9 Å². The average molecular weight is 644 g/mol. The van der Waals surface area contributed by atoms with Crippen LogP contribution in [0.4, 0.5) is 0 Å². The van der Waals surface area contributed by atoms with Crippen molar-refractivity contribution in [2.75, 3.05) is 6.54 Å². The van der Waals surface area contributed by atoms with Crippen LogP contribution in [0.25, 0.3) is 0 Å². The molecule has 258 valence electrons. The second-order valence-corrected chi connectivity index (χ2v) is 16.3. The molecule has 8 N–H and O–H groups in total. The van der Waals surface area contributed by atoms with E-state index in [4.69, 9.17) is 11.5 Å². The first kappa shape index (κ1) is 36.3. The maximum atomic E-state index is 14.6. The van der Waals surface area contributed by atoms with Gasteiger partial charge in [0.2, 0.25) is 0 Å². The van der Waals surface area contributed by atoms with Crippen molar-refractivity contribution in [3.05, 3.63) is 22.8 Å². The van der Waals surface area contributed by atoms with Crippen LogP contribution in [0.5, 0.6) is 0 Å². The van der Waals surface area contributed by atoms with Gasteiger partial charge in [0.25, 0.3) is 0 Å². The molecular formula is C36H57N3O7. The topological polar surface area (TPSA) is 197 Å². The molecule has 4 aliphatic carbocycles. The summed E-state index contributed by atoms with van der Waals surface area (Å²) >= 11 is 0. The fourth-order valence-electron chi connectivity index (χ4n) is 10.4. The van der Waals surface area contributed by atoms with Crippen LogP contribution in [0, 0.1) is 51.2 Å². The number of fused-ring (bicyclic) bond motifs is 4. The lowest BCUT2D eigenvalue weighted by Crippen LogP contribution is -2.61. The molecule has 0 radical (unpaired) electrons. The van der Waals surface area contributed by atoms with E-state index in [0.717, 1.165) is 6.42 Å². The Morgan fingerprint density at radius 2 is 1.72 bits per heavy atom. The molecule has 10 heteroatoms. The number of aliphatic carboxylic acids is 1. The summed E-state index contributed by atoms with van der Waals surface area (Å²) in [5.41, 5.74) is 9.52. The molecule has 0 heterocycles. The molecule has 2 fully saturated rings. The van der Waals surface area contributed by atoms with E-state index in [2.05, 4.69) is 25.8 Å². The molecule has 4 rings (SSSR count). The zero-order valence-electron chi connectivity index (χ0n) is 29.0. The van der Waals surface area contributed by atoms with Crippen LogP contribution in [0.15, 0.2) is 27.8 Å². The number of aliphatic hydroxyl groups is 3. The van der Waals surface area contributed by atoms with Crippen molar-refractivity contribution in [2.24, 2.45) is 67.7 Å². The standard InChI is InChI=1S/C36H57N3O7/c1-18(2)9-11-33(5)26-15-24(41)30-29(34(26,6)12-10-27(33)43)25(42)16-35(7)22(14-28(44)36(30,35)8)20(4)21(17-39-32(37)38)23(40)13-19(3)31(45)46/h13,18,20-24,26,28,40-41,44H,9-12,14-17H2,1-8H3,(H,45,46)(H4,37,38,39). The molecule has 0 aliphatic heterocycles. The molecule has 11 unspecified atom stereocenters. The summed E-state index contributed by atoms with van der Waals surface area (Å²) in [6.07, 6.45) is 1.56. The first-order valence-corrected chi connectivity index (χ1v) is 17.0. The SMILES string of the molecule is CC(=CC(O)C(CN=C(N)N)C(C)C1CC(O)C2(C)C3=C(C(=O)CC12C)C1(C)CCC(=O)C(C)(CCC(C)C)C1CC3O)C(=O)O. The van der Waals surface area contributed by atoms with E-state index in [1.54, 1.807) is 0 Å². The van der Waals surface area contributed by atoms with Crippen molar-refractivity contribution in [3.8, 4) is 0 Å². The minimum Gasteiger partial charge on any atom is -0.478 e. The Morgan fingerprint density at radius 1 is 1.09 bits per heavy atom. The molecule has 0 aromatic carbocycles. The summed E-state index contributed by atoms with van der Waals surface area (Å²) in [5, 5.41) is 44.8. The van der Waals surface area contributed by atoms with Gasteiger partial charge in [0, 0.05) is 52.7 Å². The number of carboxylic acids is 1. The molecule has 46 heavy (non-hydrogen) atoms. The van der Waals surface area contributed by atoms with Gasteiger partial charge in [-0.05, 0) is 73.3 Å². The monoisotopic (exact) mass is 643 g/mol. The third-order valence-electron chi connectivity index (χ3n) is 13.4. The number of carbonyl (C=O) groups excluding carboxylic acids is 2. The Morgan fingerprint density at radius 3 is 2.28 bits per heavy atom. The van der Waals surface area contributed by atoms with E-state index in [9.17, 15) is 34.8 Å². The highest BCUT2D eigenvalue weighted by molar-refractivity contribution is 6.01. The van der Waals surface area contributed by atoms with Crippen molar-refractivity contribution < 1.29 is 34.8 Å². The zero-order valence-corrected chi connectivity index (χ0v) is 29.0. The van der Waals surface area contributed by atoms with Crippen LogP contribution < -0.4 is 11.5 Å². The third-order valence-corrected chi connectivity index (χ3v) is 13.4. The number of aliphatic hydroxyl groups excluding tert-OH is 3. The molecule has 0 amide bonds. The van der Waals surface area contributed by atoms with E-state index in [1.165, 1.54) is 13.0 Å². The van der Waals surface area contributed by atoms with E-state index in [1.807, 2.05) is 27.7 Å². The van der Waals surface area contributed by atoms with E-state index in [-0.39, 0.29) is 53.8 Å². The fourth-order valence-corrected chi connectivity index (χ4v) is 10.4. The van der Waals surface area contributed by atoms with Gasteiger partial charge in [-0.15, -0.1) is 0 Å². The Bertz CT molecular complexity index is 1350. The van der Waals surface area contributed by atoms with Crippen LogP contribution >= 0.6 is 0 Å². The highest BCUT2D eigenvalue weighted by Gasteiger charge is 2.70. The summed E-state index contributed by atoms with van der Waals surface area (Å²) in [5.74, 6) is -2.17. The van der Waals surface area contributed by atoms with Crippen molar-refractivity contribution in [2.45, 2.75) is 119 Å². The lowest BCUT2D eigenvalue weighted by molar-refractivity contribution is -0.149. The van der Waals surface area contributed by atoms with Crippen molar-refractivity contribution in [1.82, 2.24) is 0 Å². The van der Waals surface area contributed by atoms with Crippen molar-refractivity contribution >= 4 is 23.5 Å². The van der Waals surface area contributed by atoms with Crippen LogP contribution in [0.3, 0.4) is 0 Å². The summed E-state index contributed by atoms with van der Waals surface area (Å²) in [4.78, 5) is 43.9. The van der Waals surface area contributed by atoms with Gasteiger partial charge in [-0.25, -0.2) is 4.79 Å². The lowest BCUT2D eigenvalue weighted by atomic mass is 9.41. The zero-order chi connectivity index (χ0) is 34.7. The number of nitrogens with zero attached hydrogens (tertiary/aromatic N) is 1. The molecule has 11 atom stereocenters. The summed E-state index contributed by atoms with van der Waals surface area (Å²) in [7, 11) is 0. The number of carboxylic acid groups (broad SMARTS) is 1. The third kappa shape index (κ3) is 5.56. The highest BCUT2D eigenvalue weighted by Crippen LogP contribution is 2.72. The first-order valence-electron chi connectivity index (χ1n) is 17.0. The molecule has 0 bridgehead atoms. The number of hydrogen-bond donors (Lipinski definition) is 6. The second-order valence-electron chi connectivity index (χ2n) is 16.3. The summed E-state index contributed by atoms with van der Waals surface area (Å²) in [6.45, 7) is 15.8. The number of hydrogen-bond acceptors (Lipinski definition) is 7. The van der Waals surface area contributed by atoms with E-state index >= 15 is 0 Å². The molecule has 0 spiro atoms. The van der Waals surface area contributed by atoms with Gasteiger partial charge in [0.05, 0.1) is 18.3 Å². The van der Waals surface area contributed by atoms with Gasteiger partial charge in [-0.2, -0.15) is 0 Å². The Balaban J connectivity index is 1.82. The molecule has 0 saturated heterocycles. The predicted octanol–water partition coefficient (Wildman–Crippen LogP) is 3.76. The molecule has 2 saturated carbocycles. The molecule has 4 aliphatic rings. The van der Waals surface area contributed by atoms with Crippen LogP contribution in [-0.4, -0.2) is 68.8 Å². The number of allylic oxidation sites excluding steroid dienone is 1. The predicted molar refractivity (Wildman–Crippen MR) is 176 cm³/mol. The highest BCUT2D eigenvalue weighted by atomic mass is 16.4. The number of rotatable bonds is 10. The summed E-state index contributed by atoms with van der Waals surface area (Å²) in [6, 6.07) is 0. The smallest absolute Gasteiger partial charge is 0.331 e. The van der Waals surface area contributed by atoms with Crippen molar-refractivity contribution in [3.63, 3.8) is 0 Å². The second kappa shape index (κ2) is 12.5. The van der Waals surface area contributed by atoms with Crippen LogP contribution in [0.2, 0.25) is 0 Å². The fraction of sp³-hybridized carbons (Fsp3) is 0.778. The Kier molecular flexibility index (Phi) is 9.84. The maximum absolute atomic E-state index is 14.6. The summed E-state index contributed by atoms with van der Waals surface area (Å²) < 4.78 is 0. The molecular weight excluding hydrogens is 586 g/mol. The van der Waals surface area contributed by atoms with Gasteiger partial charge in [-0.3, -0.25) is 14.6 Å². The number of Topliss-reactive ketones (excluding diaryl/α,β-unsaturated/α-hetero) is 2. The quantitative estimate of drug-likeness (QED) is 0.117. The Hall–Kier alpha value is -2.56. The number of carbonyl (C=O) groups is 3. The molecule has 0 aromatic heterocycles. The minimum absolute atomic E-state index is 0.0148. The maximum Gasteiger partial charge on any atom is 0.331 e. The minimum atomic E-state index is -1.20. The van der Waals surface area contributed by atoms with Crippen LogP contribution in [-0.2, 0) is 14.4 Å². The van der Waals surface area contributed by atoms with Gasteiger partial charge < -0.3 is 31.9 Å². The largest absolute Gasteiger partial charge is 0.478 e. The number of aliphatic imine (C=N–C) groups is 1. The Labute approximate surface area is 273 Å².